The summed E-state index contributed by atoms with van der Waals surface area (Å²) in [5.74, 6) is 0.899. The molecule has 4 rings (SSSR count). The van der Waals surface area contributed by atoms with Gasteiger partial charge in [-0.25, -0.2) is 0 Å². The van der Waals surface area contributed by atoms with Crippen LogP contribution < -0.4 is 10.1 Å². The van der Waals surface area contributed by atoms with Crippen molar-refractivity contribution in [2.75, 3.05) is 33.3 Å². The van der Waals surface area contributed by atoms with E-state index in [0.717, 1.165) is 38.2 Å². The Morgan fingerprint density at radius 2 is 1.81 bits per heavy atom. The quantitative estimate of drug-likeness (QED) is 0.854. The van der Waals surface area contributed by atoms with Gasteiger partial charge in [0.05, 0.1) is 12.1 Å². The monoisotopic (exact) mass is 366 g/mol. The lowest BCUT2D eigenvalue weighted by Gasteiger charge is -2.40. The minimum absolute atomic E-state index is 0.0286. The van der Waals surface area contributed by atoms with E-state index in [1.165, 1.54) is 16.7 Å². The summed E-state index contributed by atoms with van der Waals surface area (Å²) in [5, 5.41) is 14.8. The van der Waals surface area contributed by atoms with Gasteiger partial charge in [-0.05, 0) is 63.2 Å². The Balaban J connectivity index is 1.48. The highest BCUT2D eigenvalue weighted by atomic mass is 16.5. The van der Waals surface area contributed by atoms with Crippen molar-refractivity contribution in [3.8, 4) is 5.75 Å². The minimum atomic E-state index is -0.374. The molecule has 4 nitrogen and oxygen atoms in total. The summed E-state index contributed by atoms with van der Waals surface area (Å²) >= 11 is 0. The molecule has 2 aromatic rings. The predicted molar refractivity (Wildman–Crippen MR) is 108 cm³/mol. The summed E-state index contributed by atoms with van der Waals surface area (Å²) in [7, 11) is 2.10. The van der Waals surface area contributed by atoms with E-state index in [4.69, 9.17) is 4.74 Å². The second-order valence-electron chi connectivity index (χ2n) is 8.03. The fourth-order valence-electron chi connectivity index (χ4n) is 4.84. The smallest absolute Gasteiger partial charge is 0.119 e. The van der Waals surface area contributed by atoms with E-state index in [9.17, 15) is 5.11 Å². The van der Waals surface area contributed by atoms with Crippen LogP contribution in [0.25, 0.3) is 0 Å². The number of ether oxygens (including phenoxy) is 1. The van der Waals surface area contributed by atoms with Gasteiger partial charge in [-0.15, -0.1) is 0 Å². The zero-order chi connectivity index (χ0) is 18.9. The number of aliphatic hydroxyl groups excluding tert-OH is 1. The van der Waals surface area contributed by atoms with Gasteiger partial charge in [0.15, 0.2) is 0 Å². The molecule has 0 radical (unpaired) electrons. The normalized spacial score (nSPS) is 23.6. The molecule has 0 bridgehead atoms. The van der Waals surface area contributed by atoms with Crippen LogP contribution in [-0.4, -0.2) is 49.4 Å². The number of benzene rings is 2. The summed E-state index contributed by atoms with van der Waals surface area (Å²) in [6, 6.07) is 16.8. The lowest BCUT2D eigenvalue weighted by Crippen LogP contribution is -2.48. The van der Waals surface area contributed by atoms with Crippen molar-refractivity contribution in [2.24, 2.45) is 0 Å². The van der Waals surface area contributed by atoms with Gasteiger partial charge in [-0.3, -0.25) is 4.90 Å². The van der Waals surface area contributed by atoms with Gasteiger partial charge in [0.25, 0.3) is 0 Å². The van der Waals surface area contributed by atoms with Gasteiger partial charge in [0, 0.05) is 12.0 Å². The Bertz CT molecular complexity index is 768. The van der Waals surface area contributed by atoms with Crippen LogP contribution in [0.15, 0.2) is 48.5 Å². The molecule has 4 heteroatoms. The van der Waals surface area contributed by atoms with E-state index in [-0.39, 0.29) is 17.6 Å². The number of likely N-dealkylation sites (N-methyl/N-ethyl adjacent to an activating group) is 1. The lowest BCUT2D eigenvalue weighted by atomic mass is 9.72. The van der Waals surface area contributed by atoms with Crippen LogP contribution >= 0.6 is 0 Å². The van der Waals surface area contributed by atoms with Crippen molar-refractivity contribution in [3.63, 3.8) is 0 Å². The molecule has 1 spiro atoms. The second-order valence-corrected chi connectivity index (χ2v) is 8.03. The highest BCUT2D eigenvalue weighted by molar-refractivity contribution is 5.45. The highest BCUT2D eigenvalue weighted by Gasteiger charge is 2.52. The topological polar surface area (TPSA) is 44.7 Å². The van der Waals surface area contributed by atoms with Crippen LogP contribution in [0.2, 0.25) is 0 Å². The van der Waals surface area contributed by atoms with Gasteiger partial charge in [0.1, 0.15) is 12.4 Å². The molecule has 144 valence electrons. The van der Waals surface area contributed by atoms with Gasteiger partial charge >= 0.3 is 0 Å². The maximum absolute atomic E-state index is 11.4. The molecule has 27 heavy (non-hydrogen) atoms. The fraction of sp³-hybridized carbons (Fsp3) is 0.478. The average molecular weight is 367 g/mol. The second kappa shape index (κ2) is 7.63. The van der Waals surface area contributed by atoms with Crippen LogP contribution in [0.5, 0.6) is 5.75 Å². The first-order valence-electron chi connectivity index (χ1n) is 10.00. The van der Waals surface area contributed by atoms with Crippen LogP contribution in [0.1, 0.15) is 35.6 Å². The third kappa shape index (κ3) is 3.38. The predicted octanol–water partition coefficient (Wildman–Crippen LogP) is 3.04. The molecule has 1 aliphatic heterocycles. The molecule has 0 unspecified atom stereocenters. The van der Waals surface area contributed by atoms with Crippen molar-refractivity contribution >= 4 is 0 Å². The number of piperidine rings is 1. The number of aryl methyl sites for hydroxylation is 1. The molecule has 1 saturated heterocycles. The van der Waals surface area contributed by atoms with E-state index < -0.39 is 0 Å². The largest absolute Gasteiger partial charge is 0.492 e. The lowest BCUT2D eigenvalue weighted by molar-refractivity contribution is 0.00358. The first kappa shape index (κ1) is 18.5. The first-order chi connectivity index (χ1) is 13.1. The number of rotatable bonds is 5. The molecule has 1 heterocycles. The van der Waals surface area contributed by atoms with Gasteiger partial charge in [0.2, 0.25) is 0 Å². The maximum atomic E-state index is 11.4. The zero-order valence-corrected chi connectivity index (χ0v) is 16.3. The van der Waals surface area contributed by atoms with E-state index >= 15 is 0 Å². The number of nitrogens with zero attached hydrogens (tertiary/aromatic N) is 1. The van der Waals surface area contributed by atoms with E-state index in [1.54, 1.807) is 0 Å². The average Bonchev–Trinajstić information content (AvgIpc) is 2.92. The minimum Gasteiger partial charge on any atom is -0.492 e. The number of aliphatic hydroxyl groups is 1. The number of nitrogens with one attached hydrogen (secondary N) is 1. The molecule has 0 amide bonds. The van der Waals surface area contributed by atoms with Crippen LogP contribution in [0.3, 0.4) is 0 Å². The van der Waals surface area contributed by atoms with Crippen molar-refractivity contribution < 1.29 is 9.84 Å². The highest BCUT2D eigenvalue weighted by Crippen LogP contribution is 2.51. The van der Waals surface area contributed by atoms with Gasteiger partial charge in [-0.2, -0.15) is 0 Å². The molecule has 1 fully saturated rings. The Morgan fingerprint density at radius 1 is 1.11 bits per heavy atom. The van der Waals surface area contributed by atoms with Crippen molar-refractivity contribution in [2.45, 2.75) is 37.3 Å². The Morgan fingerprint density at radius 3 is 2.56 bits per heavy atom. The Labute approximate surface area is 162 Å². The number of hydrogen-bond donors (Lipinski definition) is 2. The maximum Gasteiger partial charge on any atom is 0.119 e. The molecule has 1 aliphatic carbocycles. The molecule has 2 atom stereocenters. The third-order valence-corrected chi connectivity index (χ3v) is 6.39. The third-order valence-electron chi connectivity index (χ3n) is 6.39. The van der Waals surface area contributed by atoms with E-state index in [2.05, 4.69) is 60.6 Å². The van der Waals surface area contributed by atoms with Crippen molar-refractivity contribution in [1.82, 2.24) is 10.2 Å². The molecule has 2 aliphatic rings. The zero-order valence-electron chi connectivity index (χ0n) is 16.3. The molecular formula is C23H30N2O2. The number of fused-ring (bicyclic) bond motifs is 2. The number of hydrogen-bond acceptors (Lipinski definition) is 4. The summed E-state index contributed by atoms with van der Waals surface area (Å²) in [4.78, 5) is 2.26. The molecule has 2 N–H and O–H groups in total. The molecule has 0 aromatic heterocycles. The van der Waals surface area contributed by atoms with Crippen molar-refractivity contribution in [1.29, 1.82) is 0 Å². The van der Waals surface area contributed by atoms with Crippen LogP contribution in [0.4, 0.5) is 0 Å². The van der Waals surface area contributed by atoms with Gasteiger partial charge < -0.3 is 15.2 Å². The van der Waals surface area contributed by atoms with Gasteiger partial charge in [-0.1, -0.05) is 42.0 Å². The first-order valence-corrected chi connectivity index (χ1v) is 10.00. The SMILES string of the molecule is Cc1ccc(OCCN(C)[C@@H]2c3ccccc3C3(CCNCC3)[C@H]2O)cc1. The summed E-state index contributed by atoms with van der Waals surface area (Å²) in [6.45, 7) is 5.40. The Kier molecular flexibility index (Phi) is 5.22. The summed E-state index contributed by atoms with van der Waals surface area (Å²) in [6.07, 6.45) is 1.62. The molecule has 0 saturated carbocycles. The van der Waals surface area contributed by atoms with E-state index in [0.29, 0.717) is 6.61 Å². The van der Waals surface area contributed by atoms with Crippen LogP contribution in [-0.2, 0) is 5.41 Å². The molecule has 2 aromatic carbocycles. The fourth-order valence-corrected chi connectivity index (χ4v) is 4.84. The molecular weight excluding hydrogens is 336 g/mol. The summed E-state index contributed by atoms with van der Waals surface area (Å²) < 4.78 is 5.92. The van der Waals surface area contributed by atoms with Crippen molar-refractivity contribution in [3.05, 3.63) is 65.2 Å². The standard InChI is InChI=1S/C23H30N2O2/c1-17-7-9-18(10-8-17)27-16-15-25(2)21-19-5-3-4-6-20(19)23(22(21)26)11-13-24-14-12-23/h3-10,21-22,24,26H,11-16H2,1-2H3/t21-,22+/m1/s1. The summed E-state index contributed by atoms with van der Waals surface area (Å²) in [5.41, 5.74) is 3.75. The van der Waals surface area contributed by atoms with Crippen LogP contribution in [0, 0.1) is 6.92 Å². The Hall–Kier alpha value is -1.88. The van der Waals surface area contributed by atoms with E-state index in [1.807, 2.05) is 12.1 Å².